The summed E-state index contributed by atoms with van der Waals surface area (Å²) in [6, 6.07) is 17.8. The minimum Gasteiger partial charge on any atom is -0.496 e. The number of aliphatic hydroxyl groups is 1. The predicted octanol–water partition coefficient (Wildman–Crippen LogP) is 4.94. The normalized spacial score (nSPS) is 13.0. The number of nitro groups is 1. The van der Waals surface area contributed by atoms with E-state index >= 15 is 0 Å². The Labute approximate surface area is 266 Å². The molecule has 2 atom stereocenters. The first kappa shape index (κ1) is 35.7. The van der Waals surface area contributed by atoms with Crippen LogP contribution < -0.4 is 14.8 Å². The molecule has 0 unspecified atom stereocenters. The van der Waals surface area contributed by atoms with Gasteiger partial charge in [-0.2, -0.15) is 4.31 Å². The molecule has 0 aliphatic rings. The maximum absolute atomic E-state index is 14.1. The quantitative estimate of drug-likeness (QED) is 0.0657. The molecule has 0 radical (unpaired) electrons. The zero-order valence-corrected chi connectivity index (χ0v) is 26.6. The van der Waals surface area contributed by atoms with Gasteiger partial charge in [-0.25, -0.2) is 18.0 Å². The van der Waals surface area contributed by atoms with E-state index in [0.717, 1.165) is 4.31 Å². The van der Waals surface area contributed by atoms with Crippen LogP contribution in [0.1, 0.15) is 38.3 Å². The maximum Gasteiger partial charge on any atom is 0.513 e. The highest BCUT2D eigenvalue weighted by atomic mass is 32.2. The molecular formula is C31H37N3O11S. The van der Waals surface area contributed by atoms with E-state index in [4.69, 9.17) is 14.2 Å². The number of rotatable bonds is 15. The molecule has 0 spiro atoms. The molecule has 3 rings (SSSR count). The second-order valence-electron chi connectivity index (χ2n) is 11.2. The molecule has 248 valence electrons. The van der Waals surface area contributed by atoms with Crippen molar-refractivity contribution in [2.75, 3.05) is 13.7 Å². The Morgan fingerprint density at radius 1 is 1.07 bits per heavy atom. The lowest BCUT2D eigenvalue weighted by atomic mass is 9.82. The van der Waals surface area contributed by atoms with Crippen molar-refractivity contribution in [3.8, 4) is 11.5 Å². The van der Waals surface area contributed by atoms with Crippen molar-refractivity contribution in [2.45, 2.75) is 57.3 Å². The Morgan fingerprint density at radius 3 is 2.28 bits per heavy atom. The molecule has 3 aromatic carbocycles. The highest BCUT2D eigenvalue weighted by Crippen LogP contribution is 2.33. The molecule has 0 aliphatic heterocycles. The molecular weight excluding hydrogens is 622 g/mol. The zero-order valence-electron chi connectivity index (χ0n) is 25.8. The molecule has 0 aromatic heterocycles. The van der Waals surface area contributed by atoms with Gasteiger partial charge in [-0.3, -0.25) is 10.1 Å². The van der Waals surface area contributed by atoms with E-state index in [1.807, 2.05) is 13.8 Å². The molecule has 15 heteroatoms. The smallest absolute Gasteiger partial charge is 0.496 e. The third kappa shape index (κ3) is 9.89. The minimum absolute atomic E-state index is 0.0408. The van der Waals surface area contributed by atoms with Gasteiger partial charge in [0.1, 0.15) is 17.7 Å². The van der Waals surface area contributed by atoms with Crippen LogP contribution in [-0.2, 0) is 27.7 Å². The van der Waals surface area contributed by atoms with E-state index in [-0.39, 0.29) is 29.5 Å². The van der Waals surface area contributed by atoms with Gasteiger partial charge in [-0.1, -0.05) is 44.2 Å². The number of aliphatic hydroxyl groups excluding tert-OH is 1. The number of ether oxygens (including phenoxy) is 3. The first-order chi connectivity index (χ1) is 21.6. The molecule has 3 aromatic rings. The zero-order chi connectivity index (χ0) is 34.1. The van der Waals surface area contributed by atoms with Crippen LogP contribution in [-0.4, -0.2) is 66.1 Å². The summed E-state index contributed by atoms with van der Waals surface area (Å²) in [4.78, 5) is 33.8. The summed E-state index contributed by atoms with van der Waals surface area (Å²) >= 11 is 0. The van der Waals surface area contributed by atoms with Gasteiger partial charge in [-0.05, 0) is 66.6 Å². The van der Waals surface area contributed by atoms with Gasteiger partial charge in [0.25, 0.3) is 5.69 Å². The van der Waals surface area contributed by atoms with Crippen LogP contribution in [0, 0.1) is 15.5 Å². The SMILES string of the molecule is COc1ccc(S(=O)(=O)N(Cc2ccccc2)[C@H](NC(=O)O)[C@@H](C)O)cc1CC(C)(C)CCOC(=O)Oc1ccc([N+](=O)[O-])cc1. The Hall–Kier alpha value is -4.73. The maximum atomic E-state index is 14.1. The van der Waals surface area contributed by atoms with Gasteiger partial charge in [0, 0.05) is 18.7 Å². The molecule has 0 bridgehead atoms. The summed E-state index contributed by atoms with van der Waals surface area (Å²) < 4.78 is 44.8. The Kier molecular flexibility index (Phi) is 12.1. The fraction of sp³-hybridized carbons (Fsp3) is 0.355. The van der Waals surface area contributed by atoms with Crippen molar-refractivity contribution in [1.82, 2.24) is 9.62 Å². The number of nitrogens with one attached hydrogen (secondary N) is 1. The molecule has 0 fully saturated rings. The van der Waals surface area contributed by atoms with Crippen LogP contribution in [0.15, 0.2) is 77.7 Å². The van der Waals surface area contributed by atoms with Gasteiger partial charge in [0.15, 0.2) is 0 Å². The highest BCUT2D eigenvalue weighted by molar-refractivity contribution is 7.89. The Morgan fingerprint density at radius 2 is 1.72 bits per heavy atom. The Balaban J connectivity index is 1.79. The molecule has 0 saturated heterocycles. The van der Waals surface area contributed by atoms with Crippen molar-refractivity contribution >= 4 is 28.0 Å². The molecule has 3 N–H and O–H groups in total. The molecule has 46 heavy (non-hydrogen) atoms. The number of amides is 1. The largest absolute Gasteiger partial charge is 0.513 e. The van der Waals surface area contributed by atoms with Crippen molar-refractivity contribution < 1.29 is 47.4 Å². The van der Waals surface area contributed by atoms with E-state index in [0.29, 0.717) is 29.7 Å². The van der Waals surface area contributed by atoms with E-state index in [1.165, 1.54) is 56.5 Å². The first-order valence-corrected chi connectivity index (χ1v) is 15.6. The van der Waals surface area contributed by atoms with Crippen LogP contribution >= 0.6 is 0 Å². The molecule has 1 amide bonds. The summed E-state index contributed by atoms with van der Waals surface area (Å²) in [6.45, 7) is 4.81. The number of benzene rings is 3. The number of sulfonamides is 1. The highest BCUT2D eigenvalue weighted by Gasteiger charge is 2.36. The second kappa shape index (κ2) is 15.5. The molecule has 0 saturated carbocycles. The standard InChI is InChI=1S/C31H37N3O11S/c1-21(35)28(32-29(36)37)33(20-22-8-6-5-7-9-22)46(41,42)26-14-15-27(43-4)23(18-26)19-31(2,3)16-17-44-30(38)45-25-12-10-24(11-13-25)34(39)40/h5-15,18,21,28,32,35H,16-17,19-20H2,1-4H3,(H,36,37)/t21-,28+/m1/s1. The van der Waals surface area contributed by atoms with Crippen molar-refractivity contribution in [2.24, 2.45) is 5.41 Å². The fourth-order valence-corrected chi connectivity index (χ4v) is 6.27. The van der Waals surface area contributed by atoms with Gasteiger partial charge in [-0.15, -0.1) is 0 Å². The van der Waals surface area contributed by atoms with E-state index in [1.54, 1.807) is 30.3 Å². The lowest BCUT2D eigenvalue weighted by molar-refractivity contribution is -0.384. The minimum atomic E-state index is -4.39. The van der Waals surface area contributed by atoms with Gasteiger partial charge >= 0.3 is 12.2 Å². The summed E-state index contributed by atoms with van der Waals surface area (Å²) in [6.07, 6.45) is -4.74. The number of hydrogen-bond donors (Lipinski definition) is 3. The van der Waals surface area contributed by atoms with Gasteiger partial charge < -0.3 is 29.7 Å². The third-order valence-corrected chi connectivity index (χ3v) is 8.82. The molecule has 0 heterocycles. The number of carbonyl (C=O) groups excluding carboxylic acids is 1. The van der Waals surface area contributed by atoms with Crippen LogP contribution in [0.25, 0.3) is 0 Å². The van der Waals surface area contributed by atoms with Crippen molar-refractivity contribution in [1.29, 1.82) is 0 Å². The summed E-state index contributed by atoms with van der Waals surface area (Å²) in [5.41, 5.74) is 0.408. The number of nitro benzene ring substituents is 1. The van der Waals surface area contributed by atoms with Crippen LogP contribution in [0.5, 0.6) is 11.5 Å². The van der Waals surface area contributed by atoms with Gasteiger partial charge in [0.2, 0.25) is 10.0 Å². The number of hydrogen-bond acceptors (Lipinski definition) is 10. The second-order valence-corrected chi connectivity index (χ2v) is 13.1. The topological polar surface area (TPSA) is 195 Å². The number of non-ortho nitro benzene ring substituents is 1. The van der Waals surface area contributed by atoms with Crippen molar-refractivity contribution in [3.63, 3.8) is 0 Å². The van der Waals surface area contributed by atoms with Crippen molar-refractivity contribution in [3.05, 3.63) is 94.0 Å². The number of methoxy groups -OCH3 is 1. The van der Waals surface area contributed by atoms with Crippen LogP contribution in [0.4, 0.5) is 15.3 Å². The molecule has 14 nitrogen and oxygen atoms in total. The van der Waals surface area contributed by atoms with E-state index in [2.05, 4.69) is 5.32 Å². The lowest BCUT2D eigenvalue weighted by Gasteiger charge is -2.33. The Bertz CT molecular complexity index is 1610. The summed E-state index contributed by atoms with van der Waals surface area (Å²) in [5.74, 6) is 0.492. The van der Waals surface area contributed by atoms with Crippen LogP contribution in [0.2, 0.25) is 0 Å². The lowest BCUT2D eigenvalue weighted by Crippen LogP contribution is -2.55. The summed E-state index contributed by atoms with van der Waals surface area (Å²) in [7, 11) is -2.95. The third-order valence-electron chi connectivity index (χ3n) is 6.99. The average molecular weight is 660 g/mol. The predicted molar refractivity (Wildman–Crippen MR) is 166 cm³/mol. The first-order valence-electron chi connectivity index (χ1n) is 14.1. The number of nitrogens with zero attached hydrogens (tertiary/aromatic N) is 2. The van der Waals surface area contributed by atoms with E-state index in [9.17, 15) is 38.3 Å². The average Bonchev–Trinajstić information content (AvgIpc) is 2.99. The fourth-order valence-electron chi connectivity index (χ4n) is 4.62. The van der Waals surface area contributed by atoms with Crippen LogP contribution in [0.3, 0.4) is 0 Å². The summed E-state index contributed by atoms with van der Waals surface area (Å²) in [5, 5.41) is 32.7. The number of carbonyl (C=O) groups is 2. The molecule has 0 aliphatic carbocycles. The number of carboxylic acid groups (broad SMARTS) is 1. The monoisotopic (exact) mass is 659 g/mol. The van der Waals surface area contributed by atoms with Gasteiger partial charge in [0.05, 0.1) is 29.6 Å². The van der Waals surface area contributed by atoms with E-state index < -0.39 is 44.9 Å².